The molecule has 0 saturated heterocycles. The van der Waals surface area contributed by atoms with Crippen LogP contribution in [0.1, 0.15) is 81.9 Å². The summed E-state index contributed by atoms with van der Waals surface area (Å²) < 4.78 is 7.89. The number of nitrogens with zero attached hydrogens (tertiary/aromatic N) is 5. The first kappa shape index (κ1) is 22.3. The highest BCUT2D eigenvalue weighted by molar-refractivity contribution is 6.27. The van der Waals surface area contributed by atoms with Crippen molar-refractivity contribution in [3.8, 4) is 5.75 Å². The Labute approximate surface area is 199 Å². The van der Waals surface area contributed by atoms with Crippen molar-refractivity contribution in [1.29, 1.82) is 0 Å². The van der Waals surface area contributed by atoms with Crippen LogP contribution in [0.25, 0.3) is 11.1 Å². The summed E-state index contributed by atoms with van der Waals surface area (Å²) in [6.45, 7) is 4.96. The molecule has 1 amide bonds. The number of hydrogen-bond donors (Lipinski definition) is 2. The van der Waals surface area contributed by atoms with E-state index in [2.05, 4.69) is 32.9 Å². The number of aromatic amines is 1. The Morgan fingerprint density at radius 1 is 1.15 bits per heavy atom. The van der Waals surface area contributed by atoms with Crippen LogP contribution in [0.2, 0.25) is 0 Å². The maximum absolute atomic E-state index is 13.4. The quantitative estimate of drug-likeness (QED) is 0.441. The Morgan fingerprint density at radius 2 is 1.97 bits per heavy atom. The van der Waals surface area contributed by atoms with Crippen LogP contribution in [0.5, 0.6) is 5.75 Å². The standard InChI is InChI=1S/C25H31N7O2/c1-3-4-5-6-15-34-19-11-7-17(8-12-19)25(2)16-20(21-13-14-32(29-21)18-9-10-18)22(24(33)26-25)23-27-30-31-28-23/h7-8,11-14,18H,3-6,9-10,15-16H2,1-2H3,(H,26,33)(H,27,28,30,31)/t25-/m0/s1. The first-order chi connectivity index (χ1) is 16.6. The highest BCUT2D eigenvalue weighted by Gasteiger charge is 2.40. The van der Waals surface area contributed by atoms with Crippen LogP contribution < -0.4 is 10.1 Å². The lowest BCUT2D eigenvalue weighted by Crippen LogP contribution is -2.47. The van der Waals surface area contributed by atoms with Crippen molar-refractivity contribution in [3.05, 3.63) is 53.6 Å². The third kappa shape index (κ3) is 4.60. The van der Waals surface area contributed by atoms with E-state index in [-0.39, 0.29) is 11.7 Å². The third-order valence-corrected chi connectivity index (χ3v) is 6.61. The van der Waals surface area contributed by atoms with Gasteiger partial charge in [0.25, 0.3) is 5.91 Å². The zero-order valence-electron chi connectivity index (χ0n) is 19.8. The van der Waals surface area contributed by atoms with Gasteiger partial charge in [0.1, 0.15) is 5.75 Å². The summed E-state index contributed by atoms with van der Waals surface area (Å²) in [4.78, 5) is 13.4. The van der Waals surface area contributed by atoms with E-state index in [1.807, 2.05) is 48.1 Å². The van der Waals surface area contributed by atoms with Crippen LogP contribution >= 0.6 is 0 Å². The highest BCUT2D eigenvalue weighted by atomic mass is 16.5. The van der Waals surface area contributed by atoms with E-state index in [9.17, 15) is 4.79 Å². The van der Waals surface area contributed by atoms with Crippen LogP contribution in [0.15, 0.2) is 36.5 Å². The van der Waals surface area contributed by atoms with E-state index in [0.29, 0.717) is 18.0 Å². The molecule has 1 aromatic carbocycles. The maximum Gasteiger partial charge on any atom is 0.256 e. The summed E-state index contributed by atoms with van der Waals surface area (Å²) in [7, 11) is 0. The molecule has 1 atom stereocenters. The monoisotopic (exact) mass is 461 g/mol. The van der Waals surface area contributed by atoms with E-state index in [1.165, 1.54) is 19.3 Å². The van der Waals surface area contributed by atoms with Crippen LogP contribution in [0.4, 0.5) is 0 Å². The molecule has 0 spiro atoms. The Hall–Kier alpha value is -3.49. The molecule has 9 nitrogen and oxygen atoms in total. The van der Waals surface area contributed by atoms with Gasteiger partial charge in [0.2, 0.25) is 5.82 Å². The van der Waals surface area contributed by atoms with Crippen molar-refractivity contribution < 1.29 is 9.53 Å². The first-order valence-corrected chi connectivity index (χ1v) is 12.2. The first-order valence-electron chi connectivity index (χ1n) is 12.2. The molecule has 1 aliphatic carbocycles. The Morgan fingerprint density at radius 3 is 2.68 bits per heavy atom. The SMILES string of the molecule is CCCCCCOc1ccc([C@]2(C)CC(c3ccn(C4CC4)n3)=C(c3nn[nH]n3)C(=O)N2)cc1. The molecule has 1 saturated carbocycles. The minimum atomic E-state index is -0.608. The second-order valence-corrected chi connectivity index (χ2v) is 9.40. The summed E-state index contributed by atoms with van der Waals surface area (Å²) in [5.74, 6) is 0.891. The molecule has 178 valence electrons. The predicted octanol–water partition coefficient (Wildman–Crippen LogP) is 4.04. The van der Waals surface area contributed by atoms with Crippen LogP contribution in [0, 0.1) is 0 Å². The second kappa shape index (κ2) is 9.40. The van der Waals surface area contributed by atoms with Gasteiger partial charge in [-0.05, 0) is 60.7 Å². The Kier molecular flexibility index (Phi) is 6.17. The number of rotatable bonds is 10. The maximum atomic E-state index is 13.4. The number of tetrazole rings is 1. The fourth-order valence-corrected chi connectivity index (χ4v) is 4.51. The fourth-order valence-electron chi connectivity index (χ4n) is 4.51. The average Bonchev–Trinajstić information content (AvgIpc) is 3.32. The van der Waals surface area contributed by atoms with Crippen molar-refractivity contribution in [2.45, 2.75) is 70.4 Å². The van der Waals surface area contributed by atoms with Gasteiger partial charge in [-0.2, -0.15) is 10.3 Å². The number of aromatic nitrogens is 6. The summed E-state index contributed by atoms with van der Waals surface area (Å²) in [6, 6.07) is 10.4. The summed E-state index contributed by atoms with van der Waals surface area (Å²) in [5, 5.41) is 22.3. The van der Waals surface area contributed by atoms with E-state index >= 15 is 0 Å². The van der Waals surface area contributed by atoms with Gasteiger partial charge in [-0.15, -0.1) is 10.2 Å². The Balaban J connectivity index is 1.40. The van der Waals surface area contributed by atoms with Gasteiger partial charge in [0.15, 0.2) is 0 Å². The summed E-state index contributed by atoms with van der Waals surface area (Å²) >= 11 is 0. The van der Waals surface area contributed by atoms with Gasteiger partial charge in [0, 0.05) is 12.6 Å². The molecule has 0 unspecified atom stereocenters. The number of hydrogen-bond acceptors (Lipinski definition) is 6. The normalized spacial score (nSPS) is 20.5. The van der Waals surface area contributed by atoms with Gasteiger partial charge >= 0.3 is 0 Å². The molecule has 2 aromatic heterocycles. The molecular weight excluding hydrogens is 430 g/mol. The largest absolute Gasteiger partial charge is 0.494 e. The highest BCUT2D eigenvalue weighted by Crippen LogP contribution is 2.41. The molecule has 0 radical (unpaired) electrons. The van der Waals surface area contributed by atoms with Crippen molar-refractivity contribution in [2.75, 3.05) is 6.61 Å². The van der Waals surface area contributed by atoms with Gasteiger partial charge in [0.05, 0.1) is 29.5 Å². The number of amides is 1. The number of unbranched alkanes of at least 4 members (excludes halogenated alkanes) is 3. The Bertz CT molecular complexity index is 1160. The average molecular weight is 462 g/mol. The number of H-pyrrole nitrogens is 1. The smallest absolute Gasteiger partial charge is 0.256 e. The molecular formula is C25H31N7O2. The fraction of sp³-hybridized carbons (Fsp3) is 0.480. The van der Waals surface area contributed by atoms with Crippen LogP contribution in [-0.4, -0.2) is 42.9 Å². The van der Waals surface area contributed by atoms with Gasteiger partial charge < -0.3 is 10.1 Å². The molecule has 0 bridgehead atoms. The lowest BCUT2D eigenvalue weighted by molar-refractivity contribution is -0.117. The number of ether oxygens (including phenoxy) is 1. The molecule has 9 heteroatoms. The van der Waals surface area contributed by atoms with Gasteiger partial charge in [-0.1, -0.05) is 38.3 Å². The van der Waals surface area contributed by atoms with Gasteiger partial charge in [-0.3, -0.25) is 9.48 Å². The number of nitrogens with one attached hydrogen (secondary N) is 2. The van der Waals surface area contributed by atoms with E-state index < -0.39 is 5.54 Å². The lowest BCUT2D eigenvalue weighted by atomic mass is 9.79. The van der Waals surface area contributed by atoms with Crippen molar-refractivity contribution >= 4 is 17.1 Å². The predicted molar refractivity (Wildman–Crippen MR) is 128 cm³/mol. The third-order valence-electron chi connectivity index (χ3n) is 6.61. The molecule has 5 rings (SSSR count). The molecule has 2 aliphatic rings. The summed E-state index contributed by atoms with van der Waals surface area (Å²) in [6.07, 6.45) is 9.53. The minimum Gasteiger partial charge on any atom is -0.494 e. The topological polar surface area (TPSA) is 111 Å². The van der Waals surface area contributed by atoms with E-state index in [0.717, 1.165) is 48.4 Å². The lowest BCUT2D eigenvalue weighted by Gasteiger charge is -2.36. The van der Waals surface area contributed by atoms with Crippen LogP contribution in [0.3, 0.4) is 0 Å². The molecule has 2 N–H and O–H groups in total. The molecule has 34 heavy (non-hydrogen) atoms. The molecule has 3 heterocycles. The van der Waals surface area contributed by atoms with Crippen molar-refractivity contribution in [1.82, 2.24) is 35.7 Å². The second-order valence-electron chi connectivity index (χ2n) is 9.40. The molecule has 3 aromatic rings. The number of carbonyl (C=O) groups is 1. The van der Waals surface area contributed by atoms with Gasteiger partial charge in [-0.25, -0.2) is 0 Å². The van der Waals surface area contributed by atoms with E-state index in [4.69, 9.17) is 9.84 Å². The van der Waals surface area contributed by atoms with E-state index in [1.54, 1.807) is 0 Å². The number of carbonyl (C=O) groups excluding carboxylic acids is 1. The zero-order chi connectivity index (χ0) is 23.5. The van der Waals surface area contributed by atoms with Crippen LogP contribution in [-0.2, 0) is 10.3 Å². The minimum absolute atomic E-state index is 0.234. The number of benzene rings is 1. The molecule has 1 aliphatic heterocycles. The zero-order valence-corrected chi connectivity index (χ0v) is 19.8. The van der Waals surface area contributed by atoms with Crippen molar-refractivity contribution in [2.24, 2.45) is 0 Å². The molecule has 1 fully saturated rings. The van der Waals surface area contributed by atoms with Crippen molar-refractivity contribution in [3.63, 3.8) is 0 Å². The summed E-state index contributed by atoms with van der Waals surface area (Å²) in [5.41, 5.74) is 2.41.